The lowest BCUT2D eigenvalue weighted by Crippen LogP contribution is -2.02. The quantitative estimate of drug-likeness (QED) is 0.770. The first-order chi connectivity index (χ1) is 9.81. The first-order valence-electron chi connectivity index (χ1n) is 6.55. The van der Waals surface area contributed by atoms with E-state index in [0.717, 1.165) is 38.9 Å². The van der Waals surface area contributed by atoms with E-state index in [1.165, 1.54) is 0 Å². The Kier molecular flexibility index (Phi) is 3.65. The molecule has 0 atom stereocenters. The molecule has 3 rings (SSSR count). The first kappa shape index (κ1) is 13.1. The van der Waals surface area contributed by atoms with Gasteiger partial charge >= 0.3 is 0 Å². The van der Waals surface area contributed by atoms with Gasteiger partial charge in [-0.1, -0.05) is 58.4 Å². The first-order valence-corrected chi connectivity index (χ1v) is 7.34. The van der Waals surface area contributed by atoms with Crippen molar-refractivity contribution in [3.63, 3.8) is 0 Å². The minimum Gasteiger partial charge on any atom is -0.368 e. The fourth-order valence-corrected chi connectivity index (χ4v) is 2.73. The van der Waals surface area contributed by atoms with Crippen molar-refractivity contribution in [2.75, 3.05) is 11.9 Å². The number of rotatable bonds is 3. The Balaban J connectivity index is 2.28. The molecule has 2 aromatic carbocycles. The molecule has 0 aliphatic rings. The maximum absolute atomic E-state index is 4.41. The molecule has 20 heavy (non-hydrogen) atoms. The van der Waals surface area contributed by atoms with Crippen LogP contribution < -0.4 is 5.32 Å². The van der Waals surface area contributed by atoms with Crippen LogP contribution in [0.3, 0.4) is 0 Å². The molecule has 1 N–H and O–H groups in total. The van der Waals surface area contributed by atoms with Crippen molar-refractivity contribution in [1.82, 2.24) is 10.2 Å². The van der Waals surface area contributed by atoms with Crippen LogP contribution >= 0.6 is 15.9 Å². The number of nitrogens with one attached hydrogen (secondary N) is 1. The van der Waals surface area contributed by atoms with Gasteiger partial charge in [0.1, 0.15) is 5.69 Å². The Hall–Kier alpha value is -1.94. The second-order valence-electron chi connectivity index (χ2n) is 4.45. The molecule has 0 unspecified atom stereocenters. The van der Waals surface area contributed by atoms with Crippen molar-refractivity contribution in [3.8, 4) is 11.3 Å². The van der Waals surface area contributed by atoms with E-state index in [4.69, 9.17) is 0 Å². The van der Waals surface area contributed by atoms with Crippen molar-refractivity contribution >= 4 is 32.5 Å². The molecule has 1 aromatic heterocycles. The maximum atomic E-state index is 4.41. The highest BCUT2D eigenvalue weighted by atomic mass is 79.9. The van der Waals surface area contributed by atoms with Crippen LogP contribution in [-0.4, -0.2) is 16.7 Å². The average molecular weight is 328 g/mol. The third kappa shape index (κ3) is 2.27. The molecule has 3 aromatic rings. The minimum atomic E-state index is 0.826. The van der Waals surface area contributed by atoms with Gasteiger partial charge in [-0.2, -0.15) is 0 Å². The number of aromatic nitrogens is 2. The Morgan fingerprint density at radius 1 is 0.950 bits per heavy atom. The molecule has 1 heterocycles. The molecule has 0 spiro atoms. The molecule has 0 saturated heterocycles. The molecule has 100 valence electrons. The number of fused-ring (bicyclic) bond motifs is 1. The topological polar surface area (TPSA) is 37.8 Å². The average Bonchev–Trinajstić information content (AvgIpc) is 2.49. The number of benzene rings is 2. The lowest BCUT2D eigenvalue weighted by molar-refractivity contribution is 1.03. The SMILES string of the molecule is CCNc1nnc(-c2ccccc2Br)c2ccccc12. The zero-order chi connectivity index (χ0) is 13.9. The van der Waals surface area contributed by atoms with Crippen LogP contribution in [0.25, 0.3) is 22.0 Å². The second-order valence-corrected chi connectivity index (χ2v) is 5.31. The highest BCUT2D eigenvalue weighted by Crippen LogP contribution is 2.33. The van der Waals surface area contributed by atoms with Crippen molar-refractivity contribution in [3.05, 3.63) is 53.0 Å². The van der Waals surface area contributed by atoms with E-state index in [9.17, 15) is 0 Å². The summed E-state index contributed by atoms with van der Waals surface area (Å²) in [6.45, 7) is 2.88. The largest absolute Gasteiger partial charge is 0.368 e. The second kappa shape index (κ2) is 5.59. The van der Waals surface area contributed by atoms with Crippen molar-refractivity contribution in [1.29, 1.82) is 0 Å². The van der Waals surface area contributed by atoms with Crippen molar-refractivity contribution in [2.45, 2.75) is 6.92 Å². The fraction of sp³-hybridized carbons (Fsp3) is 0.125. The lowest BCUT2D eigenvalue weighted by atomic mass is 10.0. The Morgan fingerprint density at radius 3 is 2.40 bits per heavy atom. The summed E-state index contributed by atoms with van der Waals surface area (Å²) < 4.78 is 1.02. The number of hydrogen-bond donors (Lipinski definition) is 1. The molecule has 0 aliphatic carbocycles. The standard InChI is InChI=1S/C16H14BrN3/c1-2-18-16-12-8-4-3-7-11(12)15(19-20-16)13-9-5-6-10-14(13)17/h3-10H,2H2,1H3,(H,18,20). The maximum Gasteiger partial charge on any atom is 0.156 e. The zero-order valence-electron chi connectivity index (χ0n) is 11.1. The highest BCUT2D eigenvalue weighted by molar-refractivity contribution is 9.10. The monoisotopic (exact) mass is 327 g/mol. The summed E-state index contributed by atoms with van der Waals surface area (Å²) in [7, 11) is 0. The van der Waals surface area contributed by atoms with Gasteiger partial charge in [0.25, 0.3) is 0 Å². The number of hydrogen-bond acceptors (Lipinski definition) is 3. The molecular weight excluding hydrogens is 314 g/mol. The molecule has 4 heteroatoms. The minimum absolute atomic E-state index is 0.826. The summed E-state index contributed by atoms with van der Waals surface area (Å²) >= 11 is 3.58. The van der Waals surface area contributed by atoms with E-state index in [0.29, 0.717) is 0 Å². The summed E-state index contributed by atoms with van der Waals surface area (Å²) in [5.74, 6) is 0.832. The van der Waals surface area contributed by atoms with Gasteiger partial charge in [0.15, 0.2) is 5.82 Å². The van der Waals surface area contributed by atoms with Crippen LogP contribution in [0, 0.1) is 0 Å². The number of anilines is 1. The van der Waals surface area contributed by atoms with Gasteiger partial charge < -0.3 is 5.32 Å². The predicted octanol–water partition coefficient (Wildman–Crippen LogP) is 4.49. The van der Waals surface area contributed by atoms with Gasteiger partial charge in [0.2, 0.25) is 0 Å². The molecule has 0 radical (unpaired) electrons. The van der Waals surface area contributed by atoms with Gasteiger partial charge in [-0.15, -0.1) is 10.2 Å². The highest BCUT2D eigenvalue weighted by Gasteiger charge is 2.12. The smallest absolute Gasteiger partial charge is 0.156 e. The molecule has 0 amide bonds. The zero-order valence-corrected chi connectivity index (χ0v) is 12.7. The van der Waals surface area contributed by atoms with Crippen LogP contribution in [0.4, 0.5) is 5.82 Å². The van der Waals surface area contributed by atoms with Crippen molar-refractivity contribution < 1.29 is 0 Å². The van der Waals surface area contributed by atoms with E-state index in [1.54, 1.807) is 0 Å². The van der Waals surface area contributed by atoms with E-state index in [2.05, 4.69) is 50.5 Å². The van der Waals surface area contributed by atoms with Gasteiger partial charge in [0, 0.05) is 27.4 Å². The van der Waals surface area contributed by atoms with Gasteiger partial charge in [-0.25, -0.2) is 0 Å². The number of nitrogens with zero attached hydrogens (tertiary/aromatic N) is 2. The summed E-state index contributed by atoms with van der Waals surface area (Å²) in [6.07, 6.45) is 0. The fourth-order valence-electron chi connectivity index (χ4n) is 2.25. The van der Waals surface area contributed by atoms with Gasteiger partial charge in [-0.3, -0.25) is 0 Å². The molecule has 0 aliphatic heterocycles. The molecular formula is C16H14BrN3. The summed E-state index contributed by atoms with van der Waals surface area (Å²) in [5, 5.41) is 14.2. The lowest BCUT2D eigenvalue weighted by Gasteiger charge is -2.10. The summed E-state index contributed by atoms with van der Waals surface area (Å²) in [6, 6.07) is 16.3. The Morgan fingerprint density at radius 2 is 1.65 bits per heavy atom. The van der Waals surface area contributed by atoms with E-state index >= 15 is 0 Å². The predicted molar refractivity (Wildman–Crippen MR) is 86.8 cm³/mol. The normalized spacial score (nSPS) is 10.7. The molecule has 0 saturated carbocycles. The van der Waals surface area contributed by atoms with Gasteiger partial charge in [-0.05, 0) is 13.0 Å². The Bertz CT molecular complexity index is 756. The van der Waals surface area contributed by atoms with Crippen LogP contribution in [0.2, 0.25) is 0 Å². The van der Waals surface area contributed by atoms with Crippen LogP contribution in [0.15, 0.2) is 53.0 Å². The van der Waals surface area contributed by atoms with E-state index < -0.39 is 0 Å². The van der Waals surface area contributed by atoms with E-state index in [-0.39, 0.29) is 0 Å². The molecule has 0 fully saturated rings. The van der Waals surface area contributed by atoms with Crippen molar-refractivity contribution in [2.24, 2.45) is 0 Å². The summed E-state index contributed by atoms with van der Waals surface area (Å²) in [5.41, 5.74) is 1.95. The third-order valence-corrected chi connectivity index (χ3v) is 3.85. The van der Waals surface area contributed by atoms with Crippen LogP contribution in [-0.2, 0) is 0 Å². The molecule has 3 nitrogen and oxygen atoms in total. The van der Waals surface area contributed by atoms with Crippen LogP contribution in [0.1, 0.15) is 6.92 Å². The molecule has 0 bridgehead atoms. The van der Waals surface area contributed by atoms with Gasteiger partial charge in [0.05, 0.1) is 0 Å². The number of halogens is 1. The Labute approximate surface area is 126 Å². The van der Waals surface area contributed by atoms with Crippen LogP contribution in [0.5, 0.6) is 0 Å². The van der Waals surface area contributed by atoms with E-state index in [1.807, 2.05) is 36.4 Å². The summed E-state index contributed by atoms with van der Waals surface area (Å²) in [4.78, 5) is 0. The third-order valence-electron chi connectivity index (χ3n) is 3.16.